The van der Waals surface area contributed by atoms with Crippen LogP contribution in [-0.4, -0.2) is 38.5 Å². The first-order valence-corrected chi connectivity index (χ1v) is 10.1. The van der Waals surface area contributed by atoms with Crippen LogP contribution in [0.2, 0.25) is 5.02 Å². The molecule has 0 bridgehead atoms. The second-order valence-corrected chi connectivity index (χ2v) is 7.50. The van der Waals surface area contributed by atoms with E-state index in [-0.39, 0.29) is 35.3 Å². The highest BCUT2D eigenvalue weighted by Gasteiger charge is 2.38. The molecule has 1 aliphatic rings. The van der Waals surface area contributed by atoms with Gasteiger partial charge in [-0.25, -0.2) is 0 Å². The number of guanidine groups is 1. The predicted octanol–water partition coefficient (Wildman–Crippen LogP) is 3.97. The molecular formula is C22H28ClIN4O. The van der Waals surface area contributed by atoms with Gasteiger partial charge >= 0.3 is 0 Å². The average molecular weight is 527 g/mol. The zero-order chi connectivity index (χ0) is 19.8. The molecule has 156 valence electrons. The topological polar surface area (TPSA) is 65.5 Å². The Morgan fingerprint density at radius 2 is 1.66 bits per heavy atom. The highest BCUT2D eigenvalue weighted by Crippen LogP contribution is 2.43. The Kier molecular flexibility index (Phi) is 9.23. The van der Waals surface area contributed by atoms with E-state index in [1.165, 1.54) is 24.8 Å². The molecule has 0 spiro atoms. The number of rotatable bonds is 7. The molecule has 0 saturated heterocycles. The molecule has 0 atom stereocenters. The minimum atomic E-state index is -0.173. The number of aliphatic imine (C=N–C) groups is 1. The van der Waals surface area contributed by atoms with Crippen LogP contribution >= 0.6 is 35.6 Å². The van der Waals surface area contributed by atoms with E-state index in [0.29, 0.717) is 23.7 Å². The third-order valence-corrected chi connectivity index (χ3v) is 5.67. The molecule has 7 heteroatoms. The summed E-state index contributed by atoms with van der Waals surface area (Å²) in [5.41, 5.74) is 2.06. The van der Waals surface area contributed by atoms with Gasteiger partial charge in [-0.1, -0.05) is 60.5 Å². The van der Waals surface area contributed by atoms with Crippen LogP contribution in [-0.2, 0) is 5.41 Å². The highest BCUT2D eigenvalue weighted by molar-refractivity contribution is 14.0. The van der Waals surface area contributed by atoms with Gasteiger partial charge in [-0.3, -0.25) is 9.79 Å². The number of benzene rings is 2. The van der Waals surface area contributed by atoms with Gasteiger partial charge in [-0.2, -0.15) is 0 Å². The van der Waals surface area contributed by atoms with Gasteiger partial charge in [-0.05, 0) is 30.5 Å². The van der Waals surface area contributed by atoms with Crippen LogP contribution in [0.25, 0.3) is 0 Å². The fourth-order valence-corrected chi connectivity index (χ4v) is 3.76. The van der Waals surface area contributed by atoms with Crippen molar-refractivity contribution < 1.29 is 4.79 Å². The summed E-state index contributed by atoms with van der Waals surface area (Å²) in [4.78, 5) is 16.5. The van der Waals surface area contributed by atoms with Crippen molar-refractivity contribution in [1.82, 2.24) is 16.0 Å². The number of nitrogens with zero attached hydrogens (tertiary/aromatic N) is 1. The van der Waals surface area contributed by atoms with E-state index < -0.39 is 0 Å². The van der Waals surface area contributed by atoms with E-state index in [1.807, 2.05) is 0 Å². The molecule has 0 aliphatic heterocycles. The summed E-state index contributed by atoms with van der Waals surface area (Å²) >= 11 is 6.05. The van der Waals surface area contributed by atoms with E-state index in [9.17, 15) is 4.79 Å². The minimum absolute atomic E-state index is 0. The van der Waals surface area contributed by atoms with Crippen LogP contribution in [0.5, 0.6) is 0 Å². The Morgan fingerprint density at radius 3 is 2.28 bits per heavy atom. The van der Waals surface area contributed by atoms with E-state index in [4.69, 9.17) is 11.6 Å². The first-order valence-electron chi connectivity index (χ1n) is 9.67. The van der Waals surface area contributed by atoms with Crippen molar-refractivity contribution in [1.29, 1.82) is 0 Å². The van der Waals surface area contributed by atoms with Crippen molar-refractivity contribution in [2.45, 2.75) is 24.7 Å². The summed E-state index contributed by atoms with van der Waals surface area (Å²) in [5, 5.41) is 10.0. The molecule has 0 aromatic heterocycles. The summed E-state index contributed by atoms with van der Waals surface area (Å²) in [6, 6.07) is 17.7. The Bertz CT molecular complexity index is 825. The van der Waals surface area contributed by atoms with Gasteiger partial charge in [0.25, 0.3) is 5.91 Å². The molecular weight excluding hydrogens is 499 g/mol. The monoisotopic (exact) mass is 526 g/mol. The van der Waals surface area contributed by atoms with E-state index in [0.717, 1.165) is 12.5 Å². The largest absolute Gasteiger partial charge is 0.356 e. The molecule has 0 unspecified atom stereocenters. The molecule has 2 aromatic rings. The molecule has 3 N–H and O–H groups in total. The lowest BCUT2D eigenvalue weighted by Gasteiger charge is -2.43. The zero-order valence-corrected chi connectivity index (χ0v) is 19.7. The lowest BCUT2D eigenvalue weighted by atomic mass is 9.64. The second kappa shape index (κ2) is 11.4. The SMILES string of the molecule is CN=C(NCCNC(=O)c1ccccc1Cl)NCC1(c2ccccc2)CCC1.I. The van der Waals surface area contributed by atoms with Gasteiger partial charge in [0.15, 0.2) is 5.96 Å². The third-order valence-electron chi connectivity index (χ3n) is 5.34. The number of halogens is 2. The maximum Gasteiger partial charge on any atom is 0.252 e. The standard InChI is InChI=1S/C22H27ClN4O.HI/c1-24-21(26-15-14-25-20(28)18-10-5-6-11-19(18)23)27-16-22(12-7-13-22)17-8-3-2-4-9-17;/h2-6,8-11H,7,12-16H2,1H3,(H,25,28)(H2,24,26,27);1H. The molecule has 2 aromatic carbocycles. The van der Waals surface area contributed by atoms with Crippen molar-refractivity contribution in [3.63, 3.8) is 0 Å². The lowest BCUT2D eigenvalue weighted by molar-refractivity contribution is 0.0954. The summed E-state index contributed by atoms with van der Waals surface area (Å²) in [6.45, 7) is 1.91. The van der Waals surface area contributed by atoms with E-state index in [1.54, 1.807) is 31.3 Å². The summed E-state index contributed by atoms with van der Waals surface area (Å²) in [7, 11) is 1.76. The summed E-state index contributed by atoms with van der Waals surface area (Å²) in [6.07, 6.45) is 3.64. The van der Waals surface area contributed by atoms with Crippen molar-refractivity contribution >= 4 is 47.4 Å². The van der Waals surface area contributed by atoms with Gasteiger partial charge in [-0.15, -0.1) is 24.0 Å². The van der Waals surface area contributed by atoms with Gasteiger partial charge in [0, 0.05) is 32.1 Å². The molecule has 1 saturated carbocycles. The summed E-state index contributed by atoms with van der Waals surface area (Å²) in [5.74, 6) is 0.571. The molecule has 1 aliphatic carbocycles. The third kappa shape index (κ3) is 6.09. The highest BCUT2D eigenvalue weighted by atomic mass is 127. The van der Waals surface area contributed by atoms with Gasteiger partial charge in [0.1, 0.15) is 0 Å². The Labute approximate surface area is 194 Å². The Morgan fingerprint density at radius 1 is 1.00 bits per heavy atom. The average Bonchev–Trinajstić information content (AvgIpc) is 2.69. The number of amides is 1. The van der Waals surface area contributed by atoms with E-state index >= 15 is 0 Å². The number of hydrogen-bond donors (Lipinski definition) is 3. The van der Waals surface area contributed by atoms with Gasteiger partial charge < -0.3 is 16.0 Å². The van der Waals surface area contributed by atoms with Crippen molar-refractivity contribution in [3.05, 3.63) is 70.7 Å². The number of hydrogen-bond acceptors (Lipinski definition) is 2. The van der Waals surface area contributed by atoms with Crippen LogP contribution < -0.4 is 16.0 Å². The van der Waals surface area contributed by atoms with Crippen LogP contribution in [0.3, 0.4) is 0 Å². The molecule has 1 amide bonds. The number of carbonyl (C=O) groups excluding carboxylic acids is 1. The first-order chi connectivity index (χ1) is 13.6. The minimum Gasteiger partial charge on any atom is -0.356 e. The van der Waals surface area contributed by atoms with Gasteiger partial charge in [0.05, 0.1) is 10.6 Å². The maximum absolute atomic E-state index is 12.2. The predicted molar refractivity (Wildman–Crippen MR) is 131 cm³/mol. The van der Waals surface area contributed by atoms with Crippen molar-refractivity contribution in [2.75, 3.05) is 26.7 Å². The molecule has 3 rings (SSSR count). The first kappa shape index (κ1) is 23.5. The molecule has 29 heavy (non-hydrogen) atoms. The quantitative estimate of drug-likeness (QED) is 0.221. The molecule has 1 fully saturated rings. The fourth-order valence-electron chi connectivity index (χ4n) is 3.53. The van der Waals surface area contributed by atoms with Crippen LogP contribution in [0.15, 0.2) is 59.6 Å². The van der Waals surface area contributed by atoms with Crippen LogP contribution in [0.1, 0.15) is 35.2 Å². The normalized spacial score (nSPS) is 14.9. The zero-order valence-electron chi connectivity index (χ0n) is 16.6. The lowest BCUT2D eigenvalue weighted by Crippen LogP contribution is -2.49. The molecule has 5 nitrogen and oxygen atoms in total. The smallest absolute Gasteiger partial charge is 0.252 e. The van der Waals surface area contributed by atoms with Gasteiger partial charge in [0.2, 0.25) is 0 Å². The van der Waals surface area contributed by atoms with Crippen molar-refractivity contribution in [2.24, 2.45) is 4.99 Å². The summed E-state index contributed by atoms with van der Waals surface area (Å²) < 4.78 is 0. The van der Waals surface area contributed by atoms with Crippen LogP contribution in [0, 0.1) is 0 Å². The van der Waals surface area contributed by atoms with Crippen LogP contribution in [0.4, 0.5) is 0 Å². The Balaban J connectivity index is 0.00000300. The number of carbonyl (C=O) groups is 1. The number of nitrogens with one attached hydrogen (secondary N) is 3. The second-order valence-electron chi connectivity index (χ2n) is 7.09. The van der Waals surface area contributed by atoms with Crippen molar-refractivity contribution in [3.8, 4) is 0 Å². The molecule has 0 heterocycles. The van der Waals surface area contributed by atoms with E-state index in [2.05, 4.69) is 51.3 Å². The molecule has 0 radical (unpaired) electrons. The maximum atomic E-state index is 12.2. The fraction of sp³-hybridized carbons (Fsp3) is 0.364. The Hall–Kier alpha value is -1.80.